The van der Waals surface area contributed by atoms with Gasteiger partial charge in [0.1, 0.15) is 5.69 Å². The fourth-order valence-corrected chi connectivity index (χ4v) is 4.89. The van der Waals surface area contributed by atoms with Gasteiger partial charge < -0.3 is 10.4 Å². The summed E-state index contributed by atoms with van der Waals surface area (Å²) in [6, 6.07) is 3.81. The van der Waals surface area contributed by atoms with E-state index in [2.05, 4.69) is 15.3 Å². The van der Waals surface area contributed by atoms with Crippen molar-refractivity contribution < 1.29 is 9.90 Å². The predicted molar refractivity (Wildman–Crippen MR) is 111 cm³/mol. The zero-order valence-electron chi connectivity index (χ0n) is 16.1. The zero-order chi connectivity index (χ0) is 19.7. The van der Waals surface area contributed by atoms with Crippen molar-refractivity contribution in [2.45, 2.75) is 57.5 Å². The minimum absolute atomic E-state index is 0.227. The highest BCUT2D eigenvalue weighted by Crippen LogP contribution is 2.39. The van der Waals surface area contributed by atoms with Gasteiger partial charge in [0.25, 0.3) is 5.91 Å². The van der Waals surface area contributed by atoms with Gasteiger partial charge in [-0.3, -0.25) is 9.78 Å². The van der Waals surface area contributed by atoms with Crippen LogP contribution in [0.25, 0.3) is 10.2 Å². The van der Waals surface area contributed by atoms with Gasteiger partial charge >= 0.3 is 0 Å². The molecule has 2 N–H and O–H groups in total. The lowest BCUT2D eigenvalue weighted by Crippen LogP contribution is -2.21. The van der Waals surface area contributed by atoms with E-state index in [1.165, 1.54) is 50.7 Å². The van der Waals surface area contributed by atoms with Crippen LogP contribution in [-0.2, 0) is 5.60 Å². The molecule has 1 aliphatic carbocycles. The van der Waals surface area contributed by atoms with E-state index in [0.29, 0.717) is 17.2 Å². The Morgan fingerprint density at radius 3 is 2.68 bits per heavy atom. The second kappa shape index (κ2) is 7.56. The summed E-state index contributed by atoms with van der Waals surface area (Å²) in [5.74, 6) is 0.162. The molecule has 0 radical (unpaired) electrons. The number of nitrogens with one attached hydrogen (secondary N) is 1. The predicted octanol–water partition coefficient (Wildman–Crippen LogP) is 4.61. The van der Waals surface area contributed by atoms with E-state index in [-0.39, 0.29) is 11.6 Å². The van der Waals surface area contributed by atoms with Gasteiger partial charge in [-0.15, -0.1) is 11.3 Å². The van der Waals surface area contributed by atoms with E-state index < -0.39 is 5.60 Å². The molecule has 0 unspecified atom stereocenters. The average molecular weight is 397 g/mol. The van der Waals surface area contributed by atoms with Gasteiger partial charge in [0.05, 0.1) is 27.0 Å². The number of hydrogen-bond donors (Lipinski definition) is 2. The minimum Gasteiger partial charge on any atom is -0.386 e. The molecule has 28 heavy (non-hydrogen) atoms. The number of amides is 1. The van der Waals surface area contributed by atoms with E-state index in [0.717, 1.165) is 15.2 Å². The highest BCUT2D eigenvalue weighted by Gasteiger charge is 2.25. The lowest BCUT2D eigenvalue weighted by atomic mass is 9.90. The summed E-state index contributed by atoms with van der Waals surface area (Å²) < 4.78 is 1.04. The van der Waals surface area contributed by atoms with Crippen LogP contribution in [0.5, 0.6) is 0 Å². The SMILES string of the molecule is CC(C)(O)c1cc2sc(C3CCCCC3)nc2cc1NC(=O)c1cnccn1. The lowest BCUT2D eigenvalue weighted by Gasteiger charge is -2.22. The molecule has 0 spiro atoms. The molecule has 1 saturated carbocycles. The van der Waals surface area contributed by atoms with E-state index in [1.807, 2.05) is 12.1 Å². The maximum atomic E-state index is 12.6. The standard InChI is InChI=1S/C21H24N4O2S/c1-21(2,27)14-10-18-16(25-20(28-18)13-6-4-3-5-7-13)11-15(14)24-19(26)17-12-22-8-9-23-17/h8-13,27H,3-7H2,1-2H3,(H,24,26). The Bertz CT molecular complexity index is 989. The third-order valence-corrected chi connectivity index (χ3v) is 6.38. The van der Waals surface area contributed by atoms with Crippen LogP contribution >= 0.6 is 11.3 Å². The normalized spacial score (nSPS) is 15.7. The number of rotatable bonds is 4. The number of aromatic nitrogens is 3. The number of nitrogens with zero attached hydrogens (tertiary/aromatic N) is 3. The number of carbonyl (C=O) groups is 1. The van der Waals surface area contributed by atoms with Crippen molar-refractivity contribution >= 4 is 33.1 Å². The number of thiazole rings is 1. The zero-order valence-corrected chi connectivity index (χ0v) is 16.9. The van der Waals surface area contributed by atoms with Gasteiger partial charge in [0.2, 0.25) is 0 Å². The van der Waals surface area contributed by atoms with Crippen LogP contribution in [0.4, 0.5) is 5.69 Å². The number of fused-ring (bicyclic) bond motifs is 1. The number of benzene rings is 1. The molecule has 2 heterocycles. The van der Waals surface area contributed by atoms with Gasteiger partial charge in [0.15, 0.2) is 0 Å². The van der Waals surface area contributed by atoms with E-state index in [9.17, 15) is 9.90 Å². The first kappa shape index (κ1) is 19.0. The molecule has 7 heteroatoms. The summed E-state index contributed by atoms with van der Waals surface area (Å²) in [4.78, 5) is 25.4. The molecule has 1 aliphatic rings. The third-order valence-electron chi connectivity index (χ3n) is 5.20. The molecule has 1 fully saturated rings. The van der Waals surface area contributed by atoms with Gasteiger partial charge in [-0.05, 0) is 38.8 Å². The van der Waals surface area contributed by atoms with Crippen LogP contribution in [0.3, 0.4) is 0 Å². The quantitative estimate of drug-likeness (QED) is 0.672. The molecular weight excluding hydrogens is 372 g/mol. The van der Waals surface area contributed by atoms with Crippen molar-refractivity contribution in [1.82, 2.24) is 15.0 Å². The van der Waals surface area contributed by atoms with Crippen molar-refractivity contribution in [3.05, 3.63) is 47.0 Å². The number of aliphatic hydroxyl groups is 1. The van der Waals surface area contributed by atoms with E-state index in [1.54, 1.807) is 25.2 Å². The Hall–Kier alpha value is -2.38. The first-order valence-electron chi connectivity index (χ1n) is 9.66. The van der Waals surface area contributed by atoms with Gasteiger partial charge in [-0.2, -0.15) is 0 Å². The van der Waals surface area contributed by atoms with Crippen LogP contribution in [0.15, 0.2) is 30.7 Å². The Kier molecular flexibility index (Phi) is 5.12. The van der Waals surface area contributed by atoms with Crippen LogP contribution in [0.1, 0.15) is 72.9 Å². The molecule has 1 amide bonds. The van der Waals surface area contributed by atoms with E-state index in [4.69, 9.17) is 4.98 Å². The number of anilines is 1. The van der Waals surface area contributed by atoms with Crippen molar-refractivity contribution in [2.24, 2.45) is 0 Å². The molecule has 1 aromatic carbocycles. The van der Waals surface area contributed by atoms with Crippen molar-refractivity contribution in [3.63, 3.8) is 0 Å². The fraction of sp³-hybridized carbons (Fsp3) is 0.429. The van der Waals surface area contributed by atoms with Crippen LogP contribution in [0, 0.1) is 0 Å². The summed E-state index contributed by atoms with van der Waals surface area (Å²) >= 11 is 1.70. The molecule has 4 rings (SSSR count). The molecular formula is C21H24N4O2S. The second-order valence-electron chi connectivity index (χ2n) is 7.86. The first-order chi connectivity index (χ1) is 13.4. The molecule has 3 aromatic rings. The highest BCUT2D eigenvalue weighted by molar-refractivity contribution is 7.18. The second-order valence-corrected chi connectivity index (χ2v) is 8.92. The topological polar surface area (TPSA) is 88.0 Å². The third kappa shape index (κ3) is 3.91. The number of hydrogen-bond acceptors (Lipinski definition) is 6. The summed E-state index contributed by atoms with van der Waals surface area (Å²) in [6.45, 7) is 3.43. The fourth-order valence-electron chi connectivity index (χ4n) is 3.73. The van der Waals surface area contributed by atoms with Crippen LogP contribution < -0.4 is 5.32 Å². The van der Waals surface area contributed by atoms with Crippen molar-refractivity contribution in [1.29, 1.82) is 0 Å². The summed E-state index contributed by atoms with van der Waals surface area (Å²) in [7, 11) is 0. The largest absolute Gasteiger partial charge is 0.386 e. The van der Waals surface area contributed by atoms with Crippen LogP contribution in [-0.4, -0.2) is 26.0 Å². The van der Waals surface area contributed by atoms with Gasteiger partial charge in [-0.1, -0.05) is 19.3 Å². The molecule has 0 atom stereocenters. The van der Waals surface area contributed by atoms with Gasteiger partial charge in [-0.25, -0.2) is 9.97 Å². The molecule has 2 aromatic heterocycles. The smallest absolute Gasteiger partial charge is 0.275 e. The highest BCUT2D eigenvalue weighted by atomic mass is 32.1. The first-order valence-corrected chi connectivity index (χ1v) is 10.5. The summed E-state index contributed by atoms with van der Waals surface area (Å²) in [5, 5.41) is 14.7. The maximum Gasteiger partial charge on any atom is 0.275 e. The average Bonchev–Trinajstić information content (AvgIpc) is 3.11. The molecule has 146 valence electrons. The summed E-state index contributed by atoms with van der Waals surface area (Å²) in [6.07, 6.45) is 10.6. The molecule has 6 nitrogen and oxygen atoms in total. The van der Waals surface area contributed by atoms with Crippen LogP contribution in [0.2, 0.25) is 0 Å². The maximum absolute atomic E-state index is 12.6. The van der Waals surface area contributed by atoms with Crippen molar-refractivity contribution in [2.75, 3.05) is 5.32 Å². The Morgan fingerprint density at radius 1 is 1.21 bits per heavy atom. The van der Waals surface area contributed by atoms with E-state index >= 15 is 0 Å². The lowest BCUT2D eigenvalue weighted by molar-refractivity contribution is 0.0794. The van der Waals surface area contributed by atoms with Crippen molar-refractivity contribution in [3.8, 4) is 0 Å². The Morgan fingerprint density at radius 2 is 2.00 bits per heavy atom. The monoisotopic (exact) mass is 396 g/mol. The summed E-state index contributed by atoms with van der Waals surface area (Å²) in [5.41, 5.74) is 1.19. The number of carbonyl (C=O) groups excluding carboxylic acids is 1. The van der Waals surface area contributed by atoms with Gasteiger partial charge in [0, 0.05) is 29.6 Å². The Balaban J connectivity index is 1.72. The minimum atomic E-state index is -1.10. The molecule has 0 bridgehead atoms. The molecule has 0 saturated heterocycles. The molecule has 0 aliphatic heterocycles. The Labute approximate surface area is 168 Å².